The highest BCUT2D eigenvalue weighted by atomic mass is 16.5. The molecule has 1 heterocycles. The van der Waals surface area contributed by atoms with Crippen LogP contribution in [0.1, 0.15) is 18.9 Å². The number of methoxy groups -OCH3 is 2. The van der Waals surface area contributed by atoms with Gasteiger partial charge in [-0.1, -0.05) is 13.3 Å². The van der Waals surface area contributed by atoms with Gasteiger partial charge in [-0.2, -0.15) is 0 Å². The number of ether oxygens (including phenoxy) is 3. The monoisotopic (exact) mass is 266 g/mol. The molecule has 0 aliphatic carbocycles. The number of hydrogen-bond acceptors (Lipinski definition) is 4. The van der Waals surface area contributed by atoms with E-state index in [1.165, 1.54) is 0 Å². The molecule has 0 amide bonds. The first kappa shape index (κ1) is 14.2. The van der Waals surface area contributed by atoms with Crippen LogP contribution < -0.4 is 9.47 Å². The van der Waals surface area contributed by atoms with Crippen LogP contribution in [0.15, 0.2) is 18.2 Å². The molecule has 1 aromatic carbocycles. The van der Waals surface area contributed by atoms with Gasteiger partial charge in [0, 0.05) is 18.1 Å². The molecule has 0 spiro atoms. The molecule has 106 valence electrons. The number of aliphatic hydroxyl groups excluding tert-OH is 1. The molecule has 0 aromatic heterocycles. The van der Waals surface area contributed by atoms with Gasteiger partial charge in [0.1, 0.15) is 11.5 Å². The average molecular weight is 266 g/mol. The van der Waals surface area contributed by atoms with Crippen molar-refractivity contribution in [2.24, 2.45) is 5.92 Å². The summed E-state index contributed by atoms with van der Waals surface area (Å²) in [5.74, 6) is 1.74. The Balaban J connectivity index is 2.42. The molecule has 4 nitrogen and oxygen atoms in total. The Morgan fingerprint density at radius 1 is 1.21 bits per heavy atom. The molecule has 0 radical (unpaired) electrons. The van der Waals surface area contributed by atoms with Crippen LogP contribution in [0.25, 0.3) is 0 Å². The molecule has 1 N–H and O–H groups in total. The smallest absolute Gasteiger partial charge is 0.122 e. The zero-order valence-electron chi connectivity index (χ0n) is 11.8. The van der Waals surface area contributed by atoms with Gasteiger partial charge in [0.25, 0.3) is 0 Å². The van der Waals surface area contributed by atoms with Crippen molar-refractivity contribution >= 4 is 0 Å². The van der Waals surface area contributed by atoms with Crippen LogP contribution in [0.5, 0.6) is 11.5 Å². The maximum Gasteiger partial charge on any atom is 0.122 e. The molecule has 1 aromatic rings. The predicted molar refractivity (Wildman–Crippen MR) is 72.9 cm³/mol. The molecule has 19 heavy (non-hydrogen) atoms. The Morgan fingerprint density at radius 2 is 1.79 bits per heavy atom. The van der Waals surface area contributed by atoms with Gasteiger partial charge in [-0.25, -0.2) is 0 Å². The maximum absolute atomic E-state index is 9.62. The zero-order chi connectivity index (χ0) is 13.9. The van der Waals surface area contributed by atoms with Crippen molar-refractivity contribution < 1.29 is 19.3 Å². The van der Waals surface area contributed by atoms with E-state index < -0.39 is 0 Å². The second-order valence-electron chi connectivity index (χ2n) is 5.04. The van der Waals surface area contributed by atoms with Crippen molar-refractivity contribution in [1.29, 1.82) is 0 Å². The van der Waals surface area contributed by atoms with Gasteiger partial charge in [0.2, 0.25) is 0 Å². The predicted octanol–water partition coefficient (Wildman–Crippen LogP) is 1.99. The van der Waals surface area contributed by atoms with Crippen LogP contribution in [0.3, 0.4) is 0 Å². The van der Waals surface area contributed by atoms with E-state index in [1.807, 2.05) is 18.2 Å². The summed E-state index contributed by atoms with van der Waals surface area (Å²) in [5.41, 5.74) is 1.00. The molecule has 1 saturated heterocycles. The Hall–Kier alpha value is -1.26. The molecule has 2 rings (SSSR count). The van der Waals surface area contributed by atoms with E-state index in [-0.39, 0.29) is 17.9 Å². The highest BCUT2D eigenvalue weighted by molar-refractivity contribution is 5.43. The van der Waals surface area contributed by atoms with E-state index in [9.17, 15) is 5.11 Å². The number of rotatable bonds is 6. The van der Waals surface area contributed by atoms with Crippen molar-refractivity contribution in [1.82, 2.24) is 0 Å². The van der Waals surface area contributed by atoms with Crippen LogP contribution in [0.4, 0.5) is 0 Å². The van der Waals surface area contributed by atoms with Gasteiger partial charge in [0.05, 0.1) is 27.4 Å². The summed E-state index contributed by atoms with van der Waals surface area (Å²) in [6.45, 7) is 3.54. The summed E-state index contributed by atoms with van der Waals surface area (Å²) in [5, 5.41) is 9.62. The van der Waals surface area contributed by atoms with Gasteiger partial charge in [-0.15, -0.1) is 0 Å². The van der Waals surface area contributed by atoms with Crippen molar-refractivity contribution in [2.45, 2.75) is 18.8 Å². The lowest BCUT2D eigenvalue weighted by Crippen LogP contribution is -2.53. The van der Waals surface area contributed by atoms with Crippen LogP contribution in [0.2, 0.25) is 0 Å². The quantitative estimate of drug-likeness (QED) is 0.855. The lowest BCUT2D eigenvalue weighted by molar-refractivity contribution is -0.101. The summed E-state index contributed by atoms with van der Waals surface area (Å²) in [7, 11) is 3.29. The highest BCUT2D eigenvalue weighted by Gasteiger charge is 2.46. The fourth-order valence-corrected chi connectivity index (χ4v) is 2.75. The van der Waals surface area contributed by atoms with Gasteiger partial charge >= 0.3 is 0 Å². The molecular weight excluding hydrogens is 244 g/mol. The SMILES string of the molecule is CCC(CO)C1(c2cc(OC)cc(OC)c2)COC1. The summed E-state index contributed by atoms with van der Waals surface area (Å²) in [6.07, 6.45) is 0.916. The van der Waals surface area contributed by atoms with Crippen LogP contribution in [-0.2, 0) is 10.2 Å². The summed E-state index contributed by atoms with van der Waals surface area (Å²) >= 11 is 0. The Kier molecular flexibility index (Phi) is 4.32. The summed E-state index contributed by atoms with van der Waals surface area (Å²) < 4.78 is 16.1. The number of hydrogen-bond donors (Lipinski definition) is 1. The number of aliphatic hydroxyl groups is 1. The van der Waals surface area contributed by atoms with Crippen molar-refractivity contribution in [3.63, 3.8) is 0 Å². The lowest BCUT2D eigenvalue weighted by atomic mass is 9.68. The van der Waals surface area contributed by atoms with E-state index in [2.05, 4.69) is 6.92 Å². The minimum Gasteiger partial charge on any atom is -0.497 e. The van der Waals surface area contributed by atoms with E-state index in [0.29, 0.717) is 13.2 Å². The molecule has 4 heteroatoms. The van der Waals surface area contributed by atoms with E-state index in [4.69, 9.17) is 14.2 Å². The zero-order valence-corrected chi connectivity index (χ0v) is 11.8. The Morgan fingerprint density at radius 3 is 2.11 bits per heavy atom. The van der Waals surface area contributed by atoms with E-state index >= 15 is 0 Å². The molecule has 1 atom stereocenters. The molecule has 1 fully saturated rings. The van der Waals surface area contributed by atoms with Crippen LogP contribution >= 0.6 is 0 Å². The van der Waals surface area contributed by atoms with Crippen LogP contribution in [0, 0.1) is 5.92 Å². The van der Waals surface area contributed by atoms with Gasteiger partial charge in [-0.05, 0) is 23.6 Å². The summed E-state index contributed by atoms with van der Waals surface area (Å²) in [4.78, 5) is 0. The molecule has 1 aliphatic rings. The fourth-order valence-electron chi connectivity index (χ4n) is 2.75. The third-order valence-electron chi connectivity index (χ3n) is 4.14. The van der Waals surface area contributed by atoms with E-state index in [1.54, 1.807) is 14.2 Å². The van der Waals surface area contributed by atoms with Crippen molar-refractivity contribution in [3.05, 3.63) is 23.8 Å². The van der Waals surface area contributed by atoms with Gasteiger partial charge in [-0.3, -0.25) is 0 Å². The van der Waals surface area contributed by atoms with E-state index in [0.717, 1.165) is 23.5 Å². The first-order valence-corrected chi connectivity index (χ1v) is 6.62. The number of benzene rings is 1. The van der Waals surface area contributed by atoms with Crippen molar-refractivity contribution in [2.75, 3.05) is 34.0 Å². The Bertz CT molecular complexity index is 400. The molecule has 0 bridgehead atoms. The van der Waals surface area contributed by atoms with Gasteiger partial charge < -0.3 is 19.3 Å². The molecule has 1 aliphatic heterocycles. The third-order valence-corrected chi connectivity index (χ3v) is 4.14. The first-order chi connectivity index (χ1) is 9.20. The summed E-state index contributed by atoms with van der Waals surface area (Å²) in [6, 6.07) is 5.89. The fraction of sp³-hybridized carbons (Fsp3) is 0.600. The largest absolute Gasteiger partial charge is 0.497 e. The second-order valence-corrected chi connectivity index (χ2v) is 5.04. The minimum absolute atomic E-state index is 0.120. The first-order valence-electron chi connectivity index (χ1n) is 6.62. The minimum atomic E-state index is -0.120. The molecular formula is C15H22O4. The lowest BCUT2D eigenvalue weighted by Gasteiger charge is -2.47. The highest BCUT2D eigenvalue weighted by Crippen LogP contribution is 2.43. The Labute approximate surface area is 114 Å². The van der Waals surface area contributed by atoms with Crippen LogP contribution in [-0.4, -0.2) is 39.1 Å². The third kappa shape index (κ3) is 2.42. The maximum atomic E-state index is 9.62. The standard InChI is InChI=1S/C15H22O4/c1-4-11(8-16)15(9-19-10-15)12-5-13(17-2)7-14(6-12)18-3/h5-7,11,16H,4,8-10H2,1-3H3. The average Bonchev–Trinajstić information content (AvgIpc) is 2.41. The normalized spacial score (nSPS) is 18.5. The molecule has 0 saturated carbocycles. The second kappa shape index (κ2) is 5.80. The molecule has 1 unspecified atom stereocenters. The van der Waals surface area contributed by atoms with Crippen molar-refractivity contribution in [3.8, 4) is 11.5 Å². The van der Waals surface area contributed by atoms with Gasteiger partial charge in [0.15, 0.2) is 0 Å². The topological polar surface area (TPSA) is 47.9 Å².